The van der Waals surface area contributed by atoms with Gasteiger partial charge in [0.2, 0.25) is 0 Å². The maximum Gasteiger partial charge on any atom is 0.0968 e. The molecule has 0 amide bonds. The number of likely N-dealkylation sites (N-methyl/N-ethyl adjacent to an activating group) is 2. The van der Waals surface area contributed by atoms with Crippen molar-refractivity contribution in [2.75, 3.05) is 48.3 Å². The quantitative estimate of drug-likeness (QED) is 0.431. The third-order valence-electron chi connectivity index (χ3n) is 1.29. The summed E-state index contributed by atoms with van der Waals surface area (Å²) in [4.78, 5) is 2.16. The van der Waals surface area contributed by atoms with Crippen LogP contribution in [0.15, 0.2) is 12.2 Å². The third kappa shape index (κ3) is 9.66. The van der Waals surface area contributed by atoms with Crippen LogP contribution >= 0.6 is 0 Å². The monoisotopic (exact) mass is 157 g/mol. The molecule has 11 heavy (non-hydrogen) atoms. The molecular weight excluding hydrogens is 136 g/mol. The highest BCUT2D eigenvalue weighted by Gasteiger charge is 2.00. The zero-order valence-electron chi connectivity index (χ0n) is 8.46. The Balaban J connectivity index is 3.46. The molecule has 0 unspecified atom stereocenters. The normalized spacial score (nSPS) is 13.3. The van der Waals surface area contributed by atoms with E-state index in [-0.39, 0.29) is 0 Å². The molecule has 0 aromatic rings. The number of nitrogens with zero attached hydrogens (tertiary/aromatic N) is 2. The second-order valence-electron chi connectivity index (χ2n) is 4.21. The van der Waals surface area contributed by atoms with Crippen LogP contribution < -0.4 is 0 Å². The minimum absolute atomic E-state index is 1.00. The molecule has 0 atom stereocenters. The van der Waals surface area contributed by atoms with Crippen LogP contribution in [0.3, 0.4) is 0 Å². The van der Waals surface area contributed by atoms with Crippen LogP contribution in [0.25, 0.3) is 0 Å². The molecule has 0 fully saturated rings. The van der Waals surface area contributed by atoms with Crippen molar-refractivity contribution in [1.82, 2.24) is 4.90 Å². The standard InChI is InChI=1S/C9H21N2/c1-10(2)8-6-7-9-11(3,4)5/h6-7H,8-9H2,1-5H3/q+1/b7-6+. The zero-order chi connectivity index (χ0) is 8.91. The molecule has 0 saturated heterocycles. The van der Waals surface area contributed by atoms with Gasteiger partial charge >= 0.3 is 0 Å². The second kappa shape index (κ2) is 4.52. The van der Waals surface area contributed by atoms with Gasteiger partial charge in [-0.2, -0.15) is 0 Å². The van der Waals surface area contributed by atoms with E-state index >= 15 is 0 Å². The summed E-state index contributed by atoms with van der Waals surface area (Å²) in [6.45, 7) is 2.15. The van der Waals surface area contributed by atoms with Crippen LogP contribution in [-0.4, -0.2) is 57.7 Å². The number of quaternary nitrogens is 1. The lowest BCUT2D eigenvalue weighted by Crippen LogP contribution is -2.34. The van der Waals surface area contributed by atoms with Gasteiger partial charge in [0.15, 0.2) is 0 Å². The van der Waals surface area contributed by atoms with Gasteiger partial charge in [-0.15, -0.1) is 0 Å². The lowest BCUT2D eigenvalue weighted by Gasteiger charge is -2.21. The maximum absolute atomic E-state index is 2.24. The Labute approximate surface area is 70.7 Å². The lowest BCUT2D eigenvalue weighted by atomic mass is 10.4. The molecule has 66 valence electrons. The van der Waals surface area contributed by atoms with Crippen molar-refractivity contribution in [3.05, 3.63) is 12.2 Å². The maximum atomic E-state index is 2.24. The summed E-state index contributed by atoms with van der Waals surface area (Å²) < 4.78 is 1.00. The molecule has 0 aromatic heterocycles. The summed E-state index contributed by atoms with van der Waals surface area (Å²) >= 11 is 0. The first-order chi connectivity index (χ1) is 4.92. The van der Waals surface area contributed by atoms with Crippen molar-refractivity contribution in [1.29, 1.82) is 0 Å². The molecule has 0 heterocycles. The number of hydrogen-bond acceptors (Lipinski definition) is 1. The molecule has 0 aromatic carbocycles. The molecule has 0 aliphatic rings. The lowest BCUT2D eigenvalue weighted by molar-refractivity contribution is -0.864. The summed E-state index contributed by atoms with van der Waals surface area (Å²) in [6.07, 6.45) is 4.45. The van der Waals surface area contributed by atoms with Gasteiger partial charge in [-0.25, -0.2) is 0 Å². The molecule has 2 nitrogen and oxygen atoms in total. The van der Waals surface area contributed by atoms with Gasteiger partial charge in [0.25, 0.3) is 0 Å². The Hall–Kier alpha value is -0.340. The molecule has 2 heteroatoms. The Morgan fingerprint density at radius 3 is 2.00 bits per heavy atom. The van der Waals surface area contributed by atoms with E-state index in [4.69, 9.17) is 0 Å². The van der Waals surface area contributed by atoms with Crippen molar-refractivity contribution in [3.63, 3.8) is 0 Å². The summed E-state index contributed by atoms with van der Waals surface area (Å²) in [5, 5.41) is 0. The highest BCUT2D eigenvalue weighted by molar-refractivity contribution is 4.83. The summed E-state index contributed by atoms with van der Waals surface area (Å²) in [7, 11) is 10.7. The van der Waals surface area contributed by atoms with Gasteiger partial charge < -0.3 is 9.38 Å². The van der Waals surface area contributed by atoms with E-state index in [1.807, 2.05) is 0 Å². The molecule has 0 rings (SSSR count). The van der Waals surface area contributed by atoms with Crippen LogP contribution in [0.1, 0.15) is 0 Å². The first kappa shape index (κ1) is 10.7. The molecule has 0 bridgehead atoms. The van der Waals surface area contributed by atoms with Crippen molar-refractivity contribution < 1.29 is 4.48 Å². The van der Waals surface area contributed by atoms with Gasteiger partial charge in [0.05, 0.1) is 27.7 Å². The molecule has 0 radical (unpaired) electrons. The number of rotatable bonds is 4. The molecule has 0 aliphatic heterocycles. The van der Waals surface area contributed by atoms with E-state index in [1.165, 1.54) is 0 Å². The van der Waals surface area contributed by atoms with E-state index in [9.17, 15) is 0 Å². The Morgan fingerprint density at radius 2 is 1.64 bits per heavy atom. The fourth-order valence-electron chi connectivity index (χ4n) is 0.676. The average Bonchev–Trinajstić information content (AvgIpc) is 1.78. The average molecular weight is 157 g/mol. The SMILES string of the molecule is CN(C)C/C=C/C[N+](C)(C)C. The Kier molecular flexibility index (Phi) is 4.38. The predicted octanol–water partition coefficient (Wildman–Crippen LogP) is 0.810. The number of hydrogen-bond donors (Lipinski definition) is 0. The highest BCUT2D eigenvalue weighted by atomic mass is 15.3. The smallest absolute Gasteiger partial charge is 0.0968 e. The van der Waals surface area contributed by atoms with Gasteiger partial charge in [-0.3, -0.25) is 0 Å². The van der Waals surface area contributed by atoms with E-state index in [1.54, 1.807) is 0 Å². The Bertz CT molecular complexity index is 120. The molecule has 0 aliphatic carbocycles. The summed E-state index contributed by atoms with van der Waals surface area (Å²) in [6, 6.07) is 0. The fraction of sp³-hybridized carbons (Fsp3) is 0.778. The minimum atomic E-state index is 1.00. The molecule has 0 spiro atoms. The highest BCUT2D eigenvalue weighted by Crippen LogP contribution is 1.89. The van der Waals surface area contributed by atoms with E-state index in [0.717, 1.165) is 17.6 Å². The van der Waals surface area contributed by atoms with E-state index < -0.39 is 0 Å². The second-order valence-corrected chi connectivity index (χ2v) is 4.21. The fourth-order valence-corrected chi connectivity index (χ4v) is 0.676. The van der Waals surface area contributed by atoms with Crippen molar-refractivity contribution in [2.24, 2.45) is 0 Å². The Morgan fingerprint density at radius 1 is 1.09 bits per heavy atom. The van der Waals surface area contributed by atoms with Crippen LogP contribution in [0, 0.1) is 0 Å². The van der Waals surface area contributed by atoms with Crippen LogP contribution in [0.2, 0.25) is 0 Å². The zero-order valence-corrected chi connectivity index (χ0v) is 8.46. The third-order valence-corrected chi connectivity index (χ3v) is 1.29. The predicted molar refractivity (Wildman–Crippen MR) is 50.6 cm³/mol. The van der Waals surface area contributed by atoms with Gasteiger partial charge in [0, 0.05) is 6.54 Å². The molecule has 0 saturated carbocycles. The van der Waals surface area contributed by atoms with Crippen molar-refractivity contribution in [3.8, 4) is 0 Å². The van der Waals surface area contributed by atoms with Crippen LogP contribution in [0.4, 0.5) is 0 Å². The van der Waals surface area contributed by atoms with Gasteiger partial charge in [-0.1, -0.05) is 6.08 Å². The largest absolute Gasteiger partial charge is 0.328 e. The molecular formula is C9H21N2+. The van der Waals surface area contributed by atoms with Crippen molar-refractivity contribution >= 4 is 0 Å². The first-order valence-corrected chi connectivity index (χ1v) is 4.02. The van der Waals surface area contributed by atoms with Gasteiger partial charge in [0.1, 0.15) is 0 Å². The molecule has 0 N–H and O–H groups in total. The van der Waals surface area contributed by atoms with E-state index in [2.05, 4.69) is 52.3 Å². The van der Waals surface area contributed by atoms with Gasteiger partial charge in [-0.05, 0) is 20.2 Å². The van der Waals surface area contributed by atoms with Crippen LogP contribution in [0.5, 0.6) is 0 Å². The van der Waals surface area contributed by atoms with Crippen molar-refractivity contribution in [2.45, 2.75) is 0 Å². The minimum Gasteiger partial charge on any atom is -0.328 e. The van der Waals surface area contributed by atoms with E-state index in [0.29, 0.717) is 0 Å². The topological polar surface area (TPSA) is 3.24 Å². The first-order valence-electron chi connectivity index (χ1n) is 4.02. The summed E-state index contributed by atoms with van der Waals surface area (Å²) in [5.74, 6) is 0. The summed E-state index contributed by atoms with van der Waals surface area (Å²) in [5.41, 5.74) is 0. The van der Waals surface area contributed by atoms with Crippen LogP contribution in [-0.2, 0) is 0 Å².